The van der Waals surface area contributed by atoms with Gasteiger partial charge < -0.3 is 15.3 Å². The monoisotopic (exact) mass is 271 g/mol. The molecule has 1 aromatic rings. The lowest BCUT2D eigenvalue weighted by Crippen LogP contribution is -2.54. The molecule has 0 radical (unpaired) electrons. The van der Waals surface area contributed by atoms with Gasteiger partial charge >= 0.3 is 0 Å². The lowest BCUT2D eigenvalue weighted by molar-refractivity contribution is 0.0411. The third-order valence-electron chi connectivity index (χ3n) is 3.53. The second-order valence-electron chi connectivity index (χ2n) is 4.87. The van der Waals surface area contributed by atoms with Crippen molar-refractivity contribution in [2.24, 2.45) is 0 Å². The maximum atomic E-state index is 9.22. The lowest BCUT2D eigenvalue weighted by atomic mass is 10.0. The van der Waals surface area contributed by atoms with E-state index in [1.807, 2.05) is 16.9 Å². The lowest BCUT2D eigenvalue weighted by Gasteiger charge is -2.28. The molecule has 6 heteroatoms. The quantitative estimate of drug-likeness (QED) is 0.509. The fourth-order valence-corrected chi connectivity index (χ4v) is 1.93. The molecule has 0 saturated heterocycles. The van der Waals surface area contributed by atoms with Crippen LogP contribution in [0, 0.1) is 0 Å². The van der Waals surface area contributed by atoms with E-state index < -0.39 is 5.54 Å². The Bertz CT molecular complexity index is 352. The van der Waals surface area contributed by atoms with Crippen molar-refractivity contribution in [2.45, 2.75) is 44.8 Å². The summed E-state index contributed by atoms with van der Waals surface area (Å²) in [7, 11) is 0. The summed E-state index contributed by atoms with van der Waals surface area (Å²) < 4.78 is 1.94. The first kappa shape index (κ1) is 16.1. The zero-order chi connectivity index (χ0) is 14.3. The van der Waals surface area contributed by atoms with Crippen molar-refractivity contribution in [2.75, 3.05) is 19.8 Å². The first-order valence-electron chi connectivity index (χ1n) is 6.76. The number of nitrogens with zero attached hydrogens (tertiary/aromatic N) is 2. The van der Waals surface area contributed by atoms with Crippen molar-refractivity contribution >= 4 is 0 Å². The maximum Gasteiger partial charge on any atom is 0.0884 e. The van der Waals surface area contributed by atoms with Crippen LogP contribution in [0.5, 0.6) is 0 Å². The van der Waals surface area contributed by atoms with Crippen LogP contribution in [-0.4, -0.2) is 50.5 Å². The Morgan fingerprint density at radius 3 is 2.26 bits per heavy atom. The van der Waals surface area contributed by atoms with Crippen LogP contribution >= 0.6 is 0 Å². The molecule has 19 heavy (non-hydrogen) atoms. The summed E-state index contributed by atoms with van der Waals surface area (Å²) in [6, 6.07) is 2.30. The van der Waals surface area contributed by atoms with Crippen molar-refractivity contribution < 1.29 is 15.3 Å². The Morgan fingerprint density at radius 2 is 1.79 bits per heavy atom. The van der Waals surface area contributed by atoms with Crippen molar-refractivity contribution in [1.29, 1.82) is 0 Å². The molecule has 1 rings (SSSR count). The molecule has 110 valence electrons. The number of rotatable bonds is 9. The van der Waals surface area contributed by atoms with Gasteiger partial charge in [-0.05, 0) is 18.9 Å². The van der Waals surface area contributed by atoms with E-state index in [1.54, 1.807) is 0 Å². The molecule has 6 nitrogen and oxygen atoms in total. The summed E-state index contributed by atoms with van der Waals surface area (Å²) in [6.45, 7) is 3.67. The van der Waals surface area contributed by atoms with Crippen LogP contribution in [0.3, 0.4) is 0 Å². The highest BCUT2D eigenvalue weighted by Crippen LogP contribution is 2.14. The molecule has 0 aromatic carbocycles. The second kappa shape index (κ2) is 7.59. The van der Waals surface area contributed by atoms with Crippen molar-refractivity contribution in [3.05, 3.63) is 18.0 Å². The standard InChI is InChI=1S/C13H25N3O3/c1-3-12(4-2)16-6-5-11(15-16)7-14-13(8-17,9-18)10-19/h5-6,12,14,17-19H,3-4,7-10H2,1-2H3. The number of aromatic nitrogens is 2. The Balaban J connectivity index is 2.63. The molecule has 1 heterocycles. The maximum absolute atomic E-state index is 9.22. The van der Waals surface area contributed by atoms with E-state index in [4.69, 9.17) is 0 Å². The van der Waals surface area contributed by atoms with E-state index in [0.717, 1.165) is 18.5 Å². The Morgan fingerprint density at radius 1 is 1.21 bits per heavy atom. The molecular weight excluding hydrogens is 246 g/mol. The summed E-state index contributed by atoms with van der Waals surface area (Å²) in [5.41, 5.74) is -0.231. The SMILES string of the molecule is CCC(CC)n1ccc(CNC(CO)(CO)CO)n1. The van der Waals surface area contributed by atoms with Gasteiger partial charge in [0.2, 0.25) is 0 Å². The van der Waals surface area contributed by atoms with Crippen LogP contribution in [0.25, 0.3) is 0 Å². The number of nitrogens with one attached hydrogen (secondary N) is 1. The molecule has 0 saturated carbocycles. The topological polar surface area (TPSA) is 90.5 Å². The summed E-state index contributed by atoms with van der Waals surface area (Å²) in [5.74, 6) is 0. The molecule has 0 spiro atoms. The van der Waals surface area contributed by atoms with Gasteiger partial charge in [-0.2, -0.15) is 5.10 Å². The number of aliphatic hydroxyl groups is 3. The van der Waals surface area contributed by atoms with E-state index in [9.17, 15) is 15.3 Å². The number of aliphatic hydroxyl groups excluding tert-OH is 3. The fourth-order valence-electron chi connectivity index (χ4n) is 1.93. The average Bonchev–Trinajstić information content (AvgIpc) is 2.91. The van der Waals surface area contributed by atoms with E-state index in [-0.39, 0.29) is 19.8 Å². The zero-order valence-corrected chi connectivity index (χ0v) is 11.7. The van der Waals surface area contributed by atoms with E-state index >= 15 is 0 Å². The molecule has 0 atom stereocenters. The van der Waals surface area contributed by atoms with Gasteiger partial charge in [-0.3, -0.25) is 10.00 Å². The Hall–Kier alpha value is -0.950. The number of hydrogen-bond acceptors (Lipinski definition) is 5. The van der Waals surface area contributed by atoms with Gasteiger partial charge in [-0.15, -0.1) is 0 Å². The molecule has 0 fully saturated rings. The Labute approximate surface area is 114 Å². The molecule has 4 N–H and O–H groups in total. The third-order valence-corrected chi connectivity index (χ3v) is 3.53. The van der Waals surface area contributed by atoms with Crippen LogP contribution in [0.2, 0.25) is 0 Å². The van der Waals surface area contributed by atoms with Gasteiger partial charge in [-0.1, -0.05) is 13.8 Å². The smallest absolute Gasteiger partial charge is 0.0884 e. The van der Waals surface area contributed by atoms with Crippen LogP contribution < -0.4 is 5.32 Å². The predicted molar refractivity (Wildman–Crippen MR) is 72.7 cm³/mol. The Kier molecular flexibility index (Phi) is 6.44. The average molecular weight is 271 g/mol. The van der Waals surface area contributed by atoms with Crippen molar-refractivity contribution in [1.82, 2.24) is 15.1 Å². The largest absolute Gasteiger partial charge is 0.394 e. The highest BCUT2D eigenvalue weighted by molar-refractivity contribution is 5.01. The molecule has 0 aliphatic carbocycles. The first-order valence-corrected chi connectivity index (χ1v) is 6.76. The normalized spacial score (nSPS) is 12.3. The van der Waals surface area contributed by atoms with Crippen LogP contribution in [0.1, 0.15) is 38.4 Å². The van der Waals surface area contributed by atoms with Gasteiger partial charge in [0.1, 0.15) is 0 Å². The van der Waals surface area contributed by atoms with Gasteiger partial charge in [-0.25, -0.2) is 0 Å². The van der Waals surface area contributed by atoms with Gasteiger partial charge in [0.15, 0.2) is 0 Å². The van der Waals surface area contributed by atoms with E-state index in [0.29, 0.717) is 12.6 Å². The summed E-state index contributed by atoms with van der Waals surface area (Å²) >= 11 is 0. The minimum atomic E-state index is -1.06. The van der Waals surface area contributed by atoms with E-state index in [2.05, 4.69) is 24.3 Å². The minimum absolute atomic E-state index is 0.326. The fraction of sp³-hybridized carbons (Fsp3) is 0.769. The summed E-state index contributed by atoms with van der Waals surface area (Å²) in [6.07, 6.45) is 3.99. The van der Waals surface area contributed by atoms with Gasteiger partial charge in [0, 0.05) is 12.7 Å². The van der Waals surface area contributed by atoms with Crippen molar-refractivity contribution in [3.8, 4) is 0 Å². The van der Waals surface area contributed by atoms with Gasteiger partial charge in [0.05, 0.1) is 37.1 Å². The molecular formula is C13H25N3O3. The third kappa shape index (κ3) is 4.01. The minimum Gasteiger partial charge on any atom is -0.394 e. The predicted octanol–water partition coefficient (Wildman–Crippen LogP) is 0.0495. The molecule has 0 aliphatic rings. The molecule has 0 bridgehead atoms. The number of hydrogen-bond donors (Lipinski definition) is 4. The summed E-state index contributed by atoms with van der Waals surface area (Å²) in [5, 5.41) is 35.1. The molecule has 0 unspecified atom stereocenters. The highest BCUT2D eigenvalue weighted by atomic mass is 16.3. The van der Waals surface area contributed by atoms with Crippen molar-refractivity contribution in [3.63, 3.8) is 0 Å². The first-order chi connectivity index (χ1) is 9.14. The van der Waals surface area contributed by atoms with Crippen LogP contribution in [0.4, 0.5) is 0 Å². The van der Waals surface area contributed by atoms with Gasteiger partial charge in [0.25, 0.3) is 0 Å². The van der Waals surface area contributed by atoms with E-state index in [1.165, 1.54) is 0 Å². The van der Waals surface area contributed by atoms with Crippen LogP contribution in [0.15, 0.2) is 12.3 Å². The second-order valence-corrected chi connectivity index (χ2v) is 4.87. The van der Waals surface area contributed by atoms with Crippen LogP contribution in [-0.2, 0) is 6.54 Å². The molecule has 1 aromatic heterocycles. The molecule has 0 aliphatic heterocycles. The summed E-state index contributed by atoms with van der Waals surface area (Å²) in [4.78, 5) is 0. The highest BCUT2D eigenvalue weighted by Gasteiger charge is 2.27. The molecule has 0 amide bonds. The zero-order valence-electron chi connectivity index (χ0n) is 11.7.